The van der Waals surface area contributed by atoms with Crippen LogP contribution >= 0.6 is 0 Å². The molecule has 25 heavy (non-hydrogen) atoms. The zero-order valence-electron chi connectivity index (χ0n) is 14.1. The molecule has 2 aliphatic rings. The van der Waals surface area contributed by atoms with E-state index in [2.05, 4.69) is 10.3 Å². The molecule has 0 radical (unpaired) electrons. The minimum Gasteiger partial charge on any atom is -0.443 e. The predicted molar refractivity (Wildman–Crippen MR) is 92.3 cm³/mol. The fourth-order valence-electron chi connectivity index (χ4n) is 3.62. The Labute approximate surface area is 146 Å². The van der Waals surface area contributed by atoms with Gasteiger partial charge in [0.1, 0.15) is 5.52 Å². The second-order valence-electron chi connectivity index (χ2n) is 6.74. The molecule has 0 bridgehead atoms. The number of hydrogen-bond acceptors (Lipinski definition) is 4. The Hall–Kier alpha value is -2.57. The number of carbonyl (C=O) groups excluding carboxylic acids is 2. The number of benzene rings is 1. The molecular formula is C18H22N4O3. The molecular weight excluding hydrogens is 320 g/mol. The molecule has 0 atom stereocenters. The molecule has 0 spiro atoms. The van der Waals surface area contributed by atoms with Crippen LogP contribution in [0.2, 0.25) is 0 Å². The van der Waals surface area contributed by atoms with Crippen molar-refractivity contribution in [2.75, 3.05) is 26.2 Å². The molecule has 2 aromatic rings. The third-order valence-corrected chi connectivity index (χ3v) is 5.12. The lowest BCUT2D eigenvalue weighted by Gasteiger charge is -2.35. The molecule has 1 aliphatic carbocycles. The first-order valence-corrected chi connectivity index (χ1v) is 8.89. The Balaban J connectivity index is 1.34. The maximum Gasteiger partial charge on any atom is 0.317 e. The molecule has 1 N–H and O–H groups in total. The number of aromatic nitrogens is 1. The zero-order valence-corrected chi connectivity index (χ0v) is 14.1. The second kappa shape index (κ2) is 6.74. The number of hydrogen-bond donors (Lipinski definition) is 1. The highest BCUT2D eigenvalue weighted by Gasteiger charge is 2.27. The molecule has 1 saturated carbocycles. The summed E-state index contributed by atoms with van der Waals surface area (Å²) in [6.07, 6.45) is 5.93. The molecule has 0 unspecified atom stereocenters. The van der Waals surface area contributed by atoms with Crippen LogP contribution in [0.4, 0.5) is 4.79 Å². The standard InChI is InChI=1S/C18H22N4O3/c23-17(13-5-6-15-16(11-13)25-12-19-15)21-7-9-22(10-8-21)18(24)20-14-3-1-2-4-14/h5-6,11-12,14H,1-4,7-10H2,(H,20,24). The van der Waals surface area contributed by atoms with E-state index in [1.165, 1.54) is 19.2 Å². The molecule has 132 valence electrons. The van der Waals surface area contributed by atoms with Crippen LogP contribution < -0.4 is 5.32 Å². The van der Waals surface area contributed by atoms with Gasteiger partial charge in [0.05, 0.1) is 0 Å². The van der Waals surface area contributed by atoms with Gasteiger partial charge in [0, 0.05) is 37.8 Å². The van der Waals surface area contributed by atoms with Crippen molar-refractivity contribution in [1.29, 1.82) is 0 Å². The number of piperazine rings is 1. The Morgan fingerprint density at radius 1 is 1.08 bits per heavy atom. The summed E-state index contributed by atoms with van der Waals surface area (Å²) in [5.74, 6) is -0.0332. The van der Waals surface area contributed by atoms with E-state index < -0.39 is 0 Å². The highest BCUT2D eigenvalue weighted by atomic mass is 16.3. The Morgan fingerprint density at radius 3 is 2.56 bits per heavy atom. The van der Waals surface area contributed by atoms with E-state index in [-0.39, 0.29) is 11.9 Å². The van der Waals surface area contributed by atoms with Crippen molar-refractivity contribution in [3.05, 3.63) is 30.2 Å². The summed E-state index contributed by atoms with van der Waals surface area (Å²) in [4.78, 5) is 32.6. The van der Waals surface area contributed by atoms with E-state index in [1.54, 1.807) is 23.1 Å². The molecule has 7 nitrogen and oxygen atoms in total. The summed E-state index contributed by atoms with van der Waals surface area (Å²) in [5, 5.41) is 3.11. The number of nitrogens with one attached hydrogen (secondary N) is 1. The molecule has 7 heteroatoms. The van der Waals surface area contributed by atoms with Crippen molar-refractivity contribution in [2.45, 2.75) is 31.7 Å². The first-order chi connectivity index (χ1) is 12.2. The topological polar surface area (TPSA) is 78.7 Å². The van der Waals surface area contributed by atoms with E-state index >= 15 is 0 Å². The maximum absolute atomic E-state index is 12.7. The third kappa shape index (κ3) is 3.31. The summed E-state index contributed by atoms with van der Waals surface area (Å²) in [6, 6.07) is 5.61. The molecule has 1 aromatic carbocycles. The average Bonchev–Trinajstić information content (AvgIpc) is 3.32. The number of oxazole rings is 1. The van der Waals surface area contributed by atoms with Gasteiger partial charge in [0.15, 0.2) is 12.0 Å². The Morgan fingerprint density at radius 2 is 1.80 bits per heavy atom. The Bertz CT molecular complexity index is 773. The SMILES string of the molecule is O=C(NC1CCCC1)N1CCN(C(=O)c2ccc3ncoc3c2)CC1. The molecule has 4 rings (SSSR count). The van der Waals surface area contributed by atoms with Gasteiger partial charge in [0.2, 0.25) is 0 Å². The van der Waals surface area contributed by atoms with Gasteiger partial charge in [-0.05, 0) is 31.0 Å². The summed E-state index contributed by atoms with van der Waals surface area (Å²) in [6.45, 7) is 2.22. The highest BCUT2D eigenvalue weighted by Crippen LogP contribution is 2.19. The first kappa shape index (κ1) is 15.9. The zero-order chi connectivity index (χ0) is 17.2. The smallest absolute Gasteiger partial charge is 0.317 e. The van der Waals surface area contributed by atoms with Gasteiger partial charge in [0.25, 0.3) is 5.91 Å². The van der Waals surface area contributed by atoms with Gasteiger partial charge in [-0.15, -0.1) is 0 Å². The van der Waals surface area contributed by atoms with Crippen LogP contribution in [0.25, 0.3) is 11.1 Å². The molecule has 1 aromatic heterocycles. The van der Waals surface area contributed by atoms with Gasteiger partial charge in [-0.25, -0.2) is 9.78 Å². The lowest BCUT2D eigenvalue weighted by molar-refractivity contribution is 0.0663. The normalized spacial score (nSPS) is 18.7. The number of urea groups is 1. The van der Waals surface area contributed by atoms with Crippen molar-refractivity contribution >= 4 is 23.0 Å². The van der Waals surface area contributed by atoms with Crippen LogP contribution in [0.5, 0.6) is 0 Å². The number of rotatable bonds is 2. The monoisotopic (exact) mass is 342 g/mol. The summed E-state index contributed by atoms with van der Waals surface area (Å²) >= 11 is 0. The van der Waals surface area contributed by atoms with Gasteiger partial charge in [-0.3, -0.25) is 4.79 Å². The third-order valence-electron chi connectivity index (χ3n) is 5.12. The van der Waals surface area contributed by atoms with Crippen molar-refractivity contribution in [3.63, 3.8) is 0 Å². The maximum atomic E-state index is 12.7. The van der Waals surface area contributed by atoms with Crippen LogP contribution in [-0.2, 0) is 0 Å². The van der Waals surface area contributed by atoms with Crippen LogP contribution in [0.15, 0.2) is 29.0 Å². The molecule has 1 saturated heterocycles. The van der Waals surface area contributed by atoms with E-state index in [4.69, 9.17) is 4.42 Å². The number of fused-ring (bicyclic) bond motifs is 1. The number of amides is 3. The van der Waals surface area contributed by atoms with Gasteiger partial charge < -0.3 is 19.5 Å². The fraction of sp³-hybridized carbons (Fsp3) is 0.500. The van der Waals surface area contributed by atoms with Crippen molar-refractivity contribution in [1.82, 2.24) is 20.1 Å². The molecule has 1 aliphatic heterocycles. The van der Waals surface area contributed by atoms with Gasteiger partial charge >= 0.3 is 6.03 Å². The highest BCUT2D eigenvalue weighted by molar-refractivity contribution is 5.97. The van der Waals surface area contributed by atoms with Crippen molar-refractivity contribution in [2.24, 2.45) is 0 Å². The molecule has 3 amide bonds. The minimum atomic E-state index is -0.0332. The largest absolute Gasteiger partial charge is 0.443 e. The minimum absolute atomic E-state index is 0.00192. The summed E-state index contributed by atoms with van der Waals surface area (Å²) in [5.41, 5.74) is 1.94. The van der Waals surface area contributed by atoms with E-state index in [0.29, 0.717) is 43.4 Å². The predicted octanol–water partition coefficient (Wildman–Crippen LogP) is 2.24. The van der Waals surface area contributed by atoms with E-state index in [0.717, 1.165) is 18.4 Å². The quantitative estimate of drug-likeness (QED) is 0.908. The van der Waals surface area contributed by atoms with E-state index in [1.807, 2.05) is 4.90 Å². The number of carbonyl (C=O) groups is 2. The average molecular weight is 342 g/mol. The second-order valence-corrected chi connectivity index (χ2v) is 6.74. The van der Waals surface area contributed by atoms with Crippen LogP contribution in [0, 0.1) is 0 Å². The first-order valence-electron chi connectivity index (χ1n) is 8.89. The van der Waals surface area contributed by atoms with Gasteiger partial charge in [-0.1, -0.05) is 12.8 Å². The Kier molecular flexibility index (Phi) is 4.29. The van der Waals surface area contributed by atoms with Crippen LogP contribution in [-0.4, -0.2) is 58.9 Å². The molecule has 2 fully saturated rings. The fourth-order valence-corrected chi connectivity index (χ4v) is 3.62. The van der Waals surface area contributed by atoms with Crippen molar-refractivity contribution in [3.8, 4) is 0 Å². The van der Waals surface area contributed by atoms with Gasteiger partial charge in [-0.2, -0.15) is 0 Å². The van der Waals surface area contributed by atoms with E-state index in [9.17, 15) is 9.59 Å². The summed E-state index contributed by atoms with van der Waals surface area (Å²) < 4.78 is 5.26. The lowest BCUT2D eigenvalue weighted by Crippen LogP contribution is -2.54. The van der Waals surface area contributed by atoms with Crippen LogP contribution in [0.3, 0.4) is 0 Å². The summed E-state index contributed by atoms with van der Waals surface area (Å²) in [7, 11) is 0. The molecule has 2 heterocycles. The van der Waals surface area contributed by atoms with Crippen LogP contribution in [0.1, 0.15) is 36.0 Å². The number of nitrogens with zero attached hydrogens (tertiary/aromatic N) is 3. The van der Waals surface area contributed by atoms with Crippen molar-refractivity contribution < 1.29 is 14.0 Å². The lowest BCUT2D eigenvalue weighted by atomic mass is 10.1.